The first-order chi connectivity index (χ1) is 9.52. The average molecular weight is 281 g/mol. The second-order valence-electron chi connectivity index (χ2n) is 5.51. The fraction of sp³-hybridized carbons (Fsp3) is 0.562. The Morgan fingerprint density at radius 2 is 1.90 bits per heavy atom. The van der Waals surface area contributed by atoms with E-state index in [0.29, 0.717) is 0 Å². The summed E-state index contributed by atoms with van der Waals surface area (Å²) in [5, 5.41) is 3.00. The third-order valence-electron chi connectivity index (χ3n) is 4.01. The molecule has 0 bridgehead atoms. The van der Waals surface area contributed by atoms with Crippen molar-refractivity contribution in [1.82, 2.24) is 5.32 Å². The topological polar surface area (TPSA) is 29.1 Å². The number of carbonyl (C=O) groups is 1. The second-order valence-corrected chi connectivity index (χ2v) is 5.51. The Kier molecular flexibility index (Phi) is 4.73. The van der Waals surface area contributed by atoms with Gasteiger partial charge in [-0.05, 0) is 24.8 Å². The molecule has 0 saturated heterocycles. The fourth-order valence-electron chi connectivity index (χ4n) is 2.70. The fourth-order valence-corrected chi connectivity index (χ4v) is 2.70. The van der Waals surface area contributed by atoms with Gasteiger partial charge in [0.05, 0.1) is 6.04 Å². The van der Waals surface area contributed by atoms with Crippen LogP contribution in [-0.4, -0.2) is 11.8 Å². The van der Waals surface area contributed by atoms with Crippen LogP contribution in [0.1, 0.15) is 50.6 Å². The third kappa shape index (κ3) is 3.78. The Balaban J connectivity index is 1.93. The van der Waals surface area contributed by atoms with Crippen LogP contribution in [0, 0.1) is 5.92 Å². The van der Waals surface area contributed by atoms with E-state index in [2.05, 4.69) is 5.32 Å². The van der Waals surface area contributed by atoms with Crippen molar-refractivity contribution in [1.29, 1.82) is 0 Å². The minimum atomic E-state index is -2.58. The molecular weight excluding hydrogens is 260 g/mol. The summed E-state index contributed by atoms with van der Waals surface area (Å²) in [4.78, 5) is 12.2. The van der Waals surface area contributed by atoms with Gasteiger partial charge in [0.2, 0.25) is 11.8 Å². The van der Waals surface area contributed by atoms with Crippen LogP contribution in [0.4, 0.5) is 8.78 Å². The number of hydrogen-bond donors (Lipinski definition) is 1. The molecule has 2 rings (SSSR count). The van der Waals surface area contributed by atoms with Gasteiger partial charge < -0.3 is 5.32 Å². The lowest BCUT2D eigenvalue weighted by molar-refractivity contribution is -0.129. The number of rotatable bonds is 4. The number of alkyl halides is 2. The molecule has 1 aliphatic carbocycles. The molecule has 0 unspecified atom stereocenters. The summed E-state index contributed by atoms with van der Waals surface area (Å²) in [6, 6.07) is 9.72. The second kappa shape index (κ2) is 6.33. The molecule has 1 aromatic carbocycles. The predicted molar refractivity (Wildman–Crippen MR) is 74.5 cm³/mol. The first-order valence-corrected chi connectivity index (χ1v) is 7.25. The van der Waals surface area contributed by atoms with E-state index >= 15 is 0 Å². The van der Waals surface area contributed by atoms with Gasteiger partial charge >= 0.3 is 0 Å². The maximum absolute atomic E-state index is 13.1. The summed E-state index contributed by atoms with van der Waals surface area (Å²) in [6.07, 6.45) is 1.01. The Morgan fingerprint density at radius 3 is 2.45 bits per heavy atom. The van der Waals surface area contributed by atoms with Crippen molar-refractivity contribution in [3.63, 3.8) is 0 Å². The smallest absolute Gasteiger partial charge is 0.248 e. The zero-order chi connectivity index (χ0) is 14.6. The van der Waals surface area contributed by atoms with E-state index in [1.807, 2.05) is 37.3 Å². The summed E-state index contributed by atoms with van der Waals surface area (Å²) in [6.45, 7) is 2.01. The van der Waals surface area contributed by atoms with Gasteiger partial charge in [-0.1, -0.05) is 37.3 Å². The molecule has 0 radical (unpaired) electrons. The van der Waals surface area contributed by atoms with Gasteiger partial charge in [-0.2, -0.15) is 0 Å². The van der Waals surface area contributed by atoms with Crippen LogP contribution >= 0.6 is 0 Å². The minimum absolute atomic E-state index is 0.0360. The number of benzene rings is 1. The third-order valence-corrected chi connectivity index (χ3v) is 4.01. The Labute approximate surface area is 118 Å². The van der Waals surface area contributed by atoms with Crippen LogP contribution in [0.5, 0.6) is 0 Å². The van der Waals surface area contributed by atoms with Crippen LogP contribution < -0.4 is 5.32 Å². The standard InChI is InChI=1S/C16H21F2NO/c1-2-14(12-6-4-3-5-7-12)19-15(20)13-8-10-16(17,18)11-9-13/h3-7,13-14H,2,8-11H2,1H3,(H,19,20)/t14-/m0/s1. The highest BCUT2D eigenvalue weighted by atomic mass is 19.3. The van der Waals surface area contributed by atoms with Crippen LogP contribution in [0.3, 0.4) is 0 Å². The number of hydrogen-bond acceptors (Lipinski definition) is 1. The van der Waals surface area contributed by atoms with E-state index in [-0.39, 0.29) is 43.6 Å². The number of halogens is 2. The van der Waals surface area contributed by atoms with Gasteiger partial charge in [-0.15, -0.1) is 0 Å². The normalized spacial score (nSPS) is 20.4. The molecule has 110 valence electrons. The largest absolute Gasteiger partial charge is 0.349 e. The van der Waals surface area contributed by atoms with Crippen molar-refractivity contribution in [3.05, 3.63) is 35.9 Å². The monoisotopic (exact) mass is 281 g/mol. The van der Waals surface area contributed by atoms with Gasteiger partial charge in [-0.3, -0.25) is 4.79 Å². The Hall–Kier alpha value is -1.45. The quantitative estimate of drug-likeness (QED) is 0.885. The van der Waals surface area contributed by atoms with Gasteiger partial charge in [-0.25, -0.2) is 8.78 Å². The summed E-state index contributed by atoms with van der Waals surface area (Å²) in [5.41, 5.74) is 1.06. The average Bonchev–Trinajstić information content (AvgIpc) is 2.45. The number of nitrogens with one attached hydrogen (secondary N) is 1. The lowest BCUT2D eigenvalue weighted by Crippen LogP contribution is -2.37. The zero-order valence-electron chi connectivity index (χ0n) is 11.7. The molecule has 1 saturated carbocycles. The van der Waals surface area contributed by atoms with E-state index in [4.69, 9.17) is 0 Å². The maximum Gasteiger partial charge on any atom is 0.248 e. The molecule has 0 heterocycles. The number of carbonyl (C=O) groups excluding carboxylic acids is 1. The molecule has 20 heavy (non-hydrogen) atoms. The van der Waals surface area contributed by atoms with Gasteiger partial charge in [0.25, 0.3) is 0 Å². The van der Waals surface area contributed by atoms with Crippen molar-refractivity contribution in [2.24, 2.45) is 5.92 Å². The molecule has 0 aliphatic heterocycles. The molecular formula is C16H21F2NO. The van der Waals surface area contributed by atoms with E-state index < -0.39 is 5.92 Å². The first kappa shape index (κ1) is 14.9. The van der Waals surface area contributed by atoms with E-state index in [9.17, 15) is 13.6 Å². The van der Waals surface area contributed by atoms with Gasteiger partial charge in [0.1, 0.15) is 0 Å². The van der Waals surface area contributed by atoms with E-state index in [1.165, 1.54) is 0 Å². The van der Waals surface area contributed by atoms with Crippen molar-refractivity contribution >= 4 is 5.91 Å². The molecule has 0 aromatic heterocycles. The lowest BCUT2D eigenvalue weighted by atomic mass is 9.86. The molecule has 1 amide bonds. The molecule has 1 fully saturated rings. The van der Waals surface area contributed by atoms with Crippen LogP contribution in [0.25, 0.3) is 0 Å². The summed E-state index contributed by atoms with van der Waals surface area (Å²) >= 11 is 0. The Morgan fingerprint density at radius 1 is 1.30 bits per heavy atom. The molecule has 1 aromatic rings. The van der Waals surface area contributed by atoms with E-state index in [1.54, 1.807) is 0 Å². The molecule has 1 N–H and O–H groups in total. The summed E-state index contributed by atoms with van der Waals surface area (Å²) in [5.74, 6) is -2.94. The summed E-state index contributed by atoms with van der Waals surface area (Å²) in [7, 11) is 0. The molecule has 1 aliphatic rings. The van der Waals surface area contributed by atoms with Gasteiger partial charge in [0.15, 0.2) is 0 Å². The first-order valence-electron chi connectivity index (χ1n) is 7.25. The predicted octanol–water partition coefficient (Wildman–Crippen LogP) is 4.08. The molecule has 0 spiro atoms. The van der Waals surface area contributed by atoms with Crippen molar-refractivity contribution in [2.45, 2.75) is 51.0 Å². The van der Waals surface area contributed by atoms with Crippen molar-refractivity contribution in [2.75, 3.05) is 0 Å². The highest BCUT2D eigenvalue weighted by Gasteiger charge is 2.37. The zero-order valence-corrected chi connectivity index (χ0v) is 11.7. The van der Waals surface area contributed by atoms with Crippen molar-refractivity contribution in [3.8, 4) is 0 Å². The van der Waals surface area contributed by atoms with Crippen LogP contribution in [0.15, 0.2) is 30.3 Å². The molecule has 4 heteroatoms. The van der Waals surface area contributed by atoms with E-state index in [0.717, 1.165) is 12.0 Å². The SMILES string of the molecule is CC[C@H](NC(=O)C1CCC(F)(F)CC1)c1ccccc1. The number of amides is 1. The highest BCUT2D eigenvalue weighted by molar-refractivity contribution is 5.79. The summed E-state index contributed by atoms with van der Waals surface area (Å²) < 4.78 is 26.2. The molecule has 2 nitrogen and oxygen atoms in total. The minimum Gasteiger partial charge on any atom is -0.349 e. The maximum atomic E-state index is 13.1. The highest BCUT2D eigenvalue weighted by Crippen LogP contribution is 2.36. The van der Waals surface area contributed by atoms with Crippen LogP contribution in [0.2, 0.25) is 0 Å². The lowest BCUT2D eigenvalue weighted by Gasteiger charge is -2.29. The molecule has 1 atom stereocenters. The Bertz CT molecular complexity index is 437. The van der Waals surface area contributed by atoms with Crippen LogP contribution in [-0.2, 0) is 4.79 Å². The van der Waals surface area contributed by atoms with Gasteiger partial charge in [0, 0.05) is 18.8 Å². The van der Waals surface area contributed by atoms with Crippen molar-refractivity contribution < 1.29 is 13.6 Å².